The summed E-state index contributed by atoms with van der Waals surface area (Å²) in [5, 5.41) is 21.7. The van der Waals surface area contributed by atoms with E-state index in [0.717, 1.165) is 12.0 Å². The topological polar surface area (TPSA) is 81.7 Å². The van der Waals surface area contributed by atoms with Gasteiger partial charge in [0, 0.05) is 32.5 Å². The second-order valence-corrected chi connectivity index (χ2v) is 8.80. The third-order valence-corrected chi connectivity index (χ3v) is 6.73. The summed E-state index contributed by atoms with van der Waals surface area (Å²) in [5.41, 5.74) is -0.275. The molecule has 3 rings (SSSR count). The Kier molecular flexibility index (Phi) is 4.90. The van der Waals surface area contributed by atoms with Gasteiger partial charge in [-0.25, -0.2) is 0 Å². The Balaban J connectivity index is 2.27. The van der Waals surface area contributed by atoms with Crippen LogP contribution in [-0.4, -0.2) is 11.6 Å². The maximum atomic E-state index is 12.5. The van der Waals surface area contributed by atoms with Crippen molar-refractivity contribution in [2.45, 2.75) is 26.7 Å². The average molecular weight is 474 g/mol. The zero-order valence-corrected chi connectivity index (χ0v) is 17.3. The van der Waals surface area contributed by atoms with Crippen LogP contribution in [0.2, 0.25) is 0 Å². The van der Waals surface area contributed by atoms with Gasteiger partial charge in [0.05, 0.1) is 16.6 Å². The van der Waals surface area contributed by atoms with Gasteiger partial charge in [-0.1, -0.05) is 25.8 Å². The molecule has 0 aromatic carbocycles. The second kappa shape index (κ2) is 6.72. The van der Waals surface area contributed by atoms with Gasteiger partial charge < -0.3 is 0 Å². The molecular formula is C20H15IN2O2S. The van der Waals surface area contributed by atoms with Gasteiger partial charge in [0.15, 0.2) is 11.6 Å². The Morgan fingerprint density at radius 3 is 2.54 bits per heavy atom. The van der Waals surface area contributed by atoms with Crippen LogP contribution in [0.25, 0.3) is 0 Å². The zero-order chi connectivity index (χ0) is 19.1. The Morgan fingerprint density at radius 2 is 1.92 bits per heavy atom. The molecule has 1 fully saturated rings. The minimum atomic E-state index is -0.709. The molecule has 1 saturated carbocycles. The molecule has 0 heterocycles. The Bertz CT molecular complexity index is 953. The highest BCUT2D eigenvalue weighted by atomic mass is 127. The third kappa shape index (κ3) is 2.66. The van der Waals surface area contributed by atoms with Gasteiger partial charge in [-0.15, -0.1) is 0 Å². The lowest BCUT2D eigenvalue weighted by atomic mass is 9.48. The number of hydrogen-bond donors (Lipinski definition) is 0. The molecule has 0 aromatic rings. The van der Waals surface area contributed by atoms with Crippen LogP contribution in [-0.2, 0) is 9.59 Å². The quantitative estimate of drug-likeness (QED) is 0.391. The van der Waals surface area contributed by atoms with E-state index >= 15 is 0 Å². The highest BCUT2D eigenvalue weighted by molar-refractivity contribution is 14.2. The first-order valence-corrected chi connectivity index (χ1v) is 11.6. The fraction of sp³-hybridized carbons (Fsp3) is 0.400. The van der Waals surface area contributed by atoms with Crippen LogP contribution < -0.4 is 0 Å². The van der Waals surface area contributed by atoms with Crippen LogP contribution in [0.1, 0.15) is 26.7 Å². The molecule has 0 aliphatic heterocycles. The predicted molar refractivity (Wildman–Crippen MR) is 107 cm³/mol. The molecule has 4 nitrogen and oxygen atoms in total. The van der Waals surface area contributed by atoms with Gasteiger partial charge in [-0.05, 0) is 50.7 Å². The minimum Gasteiger partial charge on any atom is -0.293 e. The zero-order valence-electron chi connectivity index (χ0n) is 14.3. The van der Waals surface area contributed by atoms with Crippen LogP contribution in [0, 0.1) is 56.5 Å². The van der Waals surface area contributed by atoms with Crippen molar-refractivity contribution < 1.29 is 9.59 Å². The van der Waals surface area contributed by atoms with Crippen LogP contribution in [0.5, 0.6) is 0 Å². The second-order valence-electron chi connectivity index (χ2n) is 7.12. The first-order chi connectivity index (χ1) is 12.3. The molecule has 3 aliphatic carbocycles. The highest BCUT2D eigenvalue weighted by Gasteiger charge is 2.55. The van der Waals surface area contributed by atoms with E-state index in [1.807, 2.05) is 26.0 Å². The van der Waals surface area contributed by atoms with E-state index in [-0.39, 0.29) is 34.5 Å². The molecule has 130 valence electrons. The lowest BCUT2D eigenvalue weighted by Gasteiger charge is -2.53. The van der Waals surface area contributed by atoms with Crippen molar-refractivity contribution in [2.24, 2.45) is 22.7 Å². The summed E-state index contributed by atoms with van der Waals surface area (Å²) < 4.78 is 0. The fourth-order valence-electron chi connectivity index (χ4n) is 4.66. The summed E-state index contributed by atoms with van der Waals surface area (Å²) in [5.74, 6) is 2.50. The van der Waals surface area contributed by atoms with Crippen LogP contribution in [0.15, 0.2) is 34.9 Å². The molecule has 0 N–H and O–H groups in total. The number of ketones is 2. The van der Waals surface area contributed by atoms with E-state index in [0.29, 0.717) is 6.42 Å². The molecule has 0 spiro atoms. The van der Waals surface area contributed by atoms with E-state index in [1.165, 1.54) is 15.0 Å². The molecule has 3 aliphatic rings. The molecule has 6 heteroatoms. The first-order valence-electron chi connectivity index (χ1n) is 8.20. The number of carbonyl (C=O) groups is 2. The van der Waals surface area contributed by atoms with E-state index in [9.17, 15) is 20.1 Å². The van der Waals surface area contributed by atoms with Gasteiger partial charge in [0.2, 0.25) is 0 Å². The van der Waals surface area contributed by atoms with Crippen LogP contribution in [0.3, 0.4) is 0 Å². The number of allylic oxidation sites excluding steroid dienone is 6. The van der Waals surface area contributed by atoms with E-state index < -0.39 is 10.8 Å². The van der Waals surface area contributed by atoms with Gasteiger partial charge in [-0.2, -0.15) is 10.5 Å². The molecule has 0 saturated heterocycles. The summed E-state index contributed by atoms with van der Waals surface area (Å²) in [6.07, 6.45) is 6.31. The number of fused-ring (bicyclic) bond motifs is 3. The lowest BCUT2D eigenvalue weighted by Crippen LogP contribution is -2.49. The van der Waals surface area contributed by atoms with Crippen LogP contribution in [0.4, 0.5) is 0 Å². The van der Waals surface area contributed by atoms with Gasteiger partial charge in [-0.3, -0.25) is 9.59 Å². The molecule has 4 unspecified atom stereocenters. The molecule has 0 bridgehead atoms. The minimum absolute atomic E-state index is 0.00497. The van der Waals surface area contributed by atoms with Crippen molar-refractivity contribution in [3.05, 3.63) is 34.9 Å². The lowest BCUT2D eigenvalue weighted by molar-refractivity contribution is -0.122. The summed E-state index contributed by atoms with van der Waals surface area (Å²) in [6.45, 7) is 3.84. The van der Waals surface area contributed by atoms with Crippen molar-refractivity contribution in [3.8, 4) is 23.3 Å². The Hall–Kier alpha value is -1.82. The van der Waals surface area contributed by atoms with Crippen molar-refractivity contribution in [2.75, 3.05) is 0 Å². The molecule has 0 amide bonds. The number of hydrogen-bond acceptors (Lipinski definition) is 5. The number of Topliss-reactive ketones (excluding diaryl/α,β-unsaturated/α-hetero) is 1. The molecule has 0 aromatic heterocycles. The monoisotopic (exact) mass is 474 g/mol. The Morgan fingerprint density at radius 1 is 1.23 bits per heavy atom. The third-order valence-electron chi connectivity index (χ3n) is 5.89. The number of halogens is 1. The Labute approximate surface area is 169 Å². The predicted octanol–water partition coefficient (Wildman–Crippen LogP) is 4.06. The number of rotatable bonds is 0. The van der Waals surface area contributed by atoms with E-state index in [2.05, 4.69) is 32.4 Å². The highest BCUT2D eigenvalue weighted by Crippen LogP contribution is 2.60. The summed E-state index contributed by atoms with van der Waals surface area (Å²) in [7, 11) is 1.35. The number of carbonyl (C=O) groups excluding carboxylic acids is 2. The summed E-state index contributed by atoms with van der Waals surface area (Å²) >= 11 is 2.09. The standard InChI is InChI=1S/C20H15IN2O2S/c1-12-15-3-4-20(5-6-26-21)9-13(10-22)16(24)7-17(20)19(15,2)8-14(11-23)18(12)25/h7-9,12,15H,3-4H2,1-2H3. The smallest absolute Gasteiger partial charge is 0.196 e. The van der Waals surface area contributed by atoms with Crippen molar-refractivity contribution in [1.82, 2.24) is 0 Å². The first kappa shape index (κ1) is 19.0. The van der Waals surface area contributed by atoms with Crippen molar-refractivity contribution in [3.63, 3.8) is 0 Å². The largest absolute Gasteiger partial charge is 0.293 e. The van der Waals surface area contributed by atoms with Crippen molar-refractivity contribution >= 4 is 41.7 Å². The van der Waals surface area contributed by atoms with Crippen LogP contribution >= 0.6 is 30.1 Å². The normalized spacial score (nSPS) is 35.3. The molecule has 0 radical (unpaired) electrons. The summed E-state index contributed by atoms with van der Waals surface area (Å²) in [4.78, 5) is 24.9. The average Bonchev–Trinajstić information content (AvgIpc) is 2.63. The summed E-state index contributed by atoms with van der Waals surface area (Å²) in [6, 6.07) is 3.99. The molecule has 26 heavy (non-hydrogen) atoms. The number of nitriles is 2. The molecular weight excluding hydrogens is 459 g/mol. The van der Waals surface area contributed by atoms with Gasteiger partial charge >= 0.3 is 0 Å². The van der Waals surface area contributed by atoms with Gasteiger partial charge in [0.25, 0.3) is 0 Å². The number of nitrogens with zero attached hydrogens (tertiary/aromatic N) is 2. The van der Waals surface area contributed by atoms with E-state index in [4.69, 9.17) is 0 Å². The molecule has 4 atom stereocenters. The van der Waals surface area contributed by atoms with Crippen molar-refractivity contribution in [1.29, 1.82) is 10.5 Å². The van der Waals surface area contributed by atoms with E-state index in [1.54, 1.807) is 12.2 Å². The van der Waals surface area contributed by atoms with Gasteiger partial charge in [0.1, 0.15) is 12.1 Å². The SMILES string of the molecule is CC1C(=O)C(C#N)=CC2(C)C3=CC(=O)C(C#N)=CC3(C#CSI)CCC12. The fourth-order valence-corrected chi connectivity index (χ4v) is 5.21. The maximum Gasteiger partial charge on any atom is 0.196 e. The maximum absolute atomic E-state index is 12.5.